The van der Waals surface area contributed by atoms with Gasteiger partial charge in [0.25, 0.3) is 0 Å². The van der Waals surface area contributed by atoms with Crippen LogP contribution in [0.4, 0.5) is 0 Å². The van der Waals surface area contributed by atoms with Crippen molar-refractivity contribution >= 4 is 5.78 Å². The molecule has 1 N–H and O–H groups in total. The molecular weight excluding hydrogens is 200 g/mol. The van der Waals surface area contributed by atoms with Crippen LogP contribution in [-0.2, 0) is 11.2 Å². The first-order valence-corrected chi connectivity index (χ1v) is 5.97. The van der Waals surface area contributed by atoms with Crippen LogP contribution in [0.15, 0.2) is 30.3 Å². The topological polar surface area (TPSA) is 37.3 Å². The first kappa shape index (κ1) is 11.3. The minimum absolute atomic E-state index is 0.119. The number of hydrogen-bond acceptors (Lipinski definition) is 2. The molecule has 16 heavy (non-hydrogen) atoms. The third-order valence-electron chi connectivity index (χ3n) is 3.46. The Morgan fingerprint density at radius 3 is 2.69 bits per heavy atom. The van der Waals surface area contributed by atoms with E-state index in [1.807, 2.05) is 18.2 Å². The Kier molecular flexibility index (Phi) is 3.73. The molecule has 0 amide bonds. The van der Waals surface area contributed by atoms with Gasteiger partial charge in [0.1, 0.15) is 5.78 Å². The highest BCUT2D eigenvalue weighted by molar-refractivity contribution is 5.82. The van der Waals surface area contributed by atoms with Crippen molar-refractivity contribution in [3.05, 3.63) is 35.9 Å². The fourth-order valence-electron chi connectivity index (χ4n) is 2.46. The molecule has 2 rings (SSSR count). The van der Waals surface area contributed by atoms with Gasteiger partial charge in [-0.15, -0.1) is 0 Å². The van der Waals surface area contributed by atoms with Crippen molar-refractivity contribution in [3.8, 4) is 0 Å². The first-order valence-electron chi connectivity index (χ1n) is 5.97. The molecule has 2 heteroatoms. The lowest BCUT2D eigenvalue weighted by Gasteiger charge is -2.26. The van der Waals surface area contributed by atoms with Gasteiger partial charge in [-0.2, -0.15) is 0 Å². The molecule has 0 spiro atoms. The van der Waals surface area contributed by atoms with Crippen LogP contribution in [0.25, 0.3) is 0 Å². The van der Waals surface area contributed by atoms with Crippen molar-refractivity contribution in [1.29, 1.82) is 0 Å². The summed E-state index contributed by atoms with van der Waals surface area (Å²) in [6.45, 7) is 0.221. The highest BCUT2D eigenvalue weighted by atomic mass is 16.3. The van der Waals surface area contributed by atoms with Crippen LogP contribution in [0, 0.1) is 11.8 Å². The normalized spacial score (nSPS) is 25.7. The van der Waals surface area contributed by atoms with Gasteiger partial charge in [-0.05, 0) is 30.7 Å². The Bertz CT molecular complexity index is 345. The van der Waals surface area contributed by atoms with Crippen molar-refractivity contribution in [3.63, 3.8) is 0 Å². The second-order valence-corrected chi connectivity index (χ2v) is 4.68. The first-order chi connectivity index (χ1) is 7.79. The summed E-state index contributed by atoms with van der Waals surface area (Å²) in [5.74, 6) is 0.813. The summed E-state index contributed by atoms with van der Waals surface area (Å²) in [7, 11) is 0. The zero-order valence-electron chi connectivity index (χ0n) is 9.43. The molecule has 1 saturated carbocycles. The summed E-state index contributed by atoms with van der Waals surface area (Å²) in [6, 6.07) is 10.1. The fraction of sp³-hybridized carbons (Fsp3) is 0.500. The quantitative estimate of drug-likeness (QED) is 0.844. The highest BCUT2D eigenvalue weighted by Gasteiger charge is 2.28. The van der Waals surface area contributed by atoms with E-state index in [9.17, 15) is 4.79 Å². The van der Waals surface area contributed by atoms with E-state index in [0.29, 0.717) is 18.1 Å². The van der Waals surface area contributed by atoms with E-state index in [1.54, 1.807) is 0 Å². The molecular formula is C14H18O2. The van der Waals surface area contributed by atoms with Gasteiger partial charge in [0.05, 0.1) is 0 Å². The molecule has 1 aliphatic carbocycles. The lowest BCUT2D eigenvalue weighted by atomic mass is 9.78. The van der Waals surface area contributed by atoms with Crippen LogP contribution in [0.1, 0.15) is 24.8 Å². The third kappa shape index (κ3) is 2.70. The van der Waals surface area contributed by atoms with E-state index in [0.717, 1.165) is 19.3 Å². The van der Waals surface area contributed by atoms with Crippen LogP contribution in [0.2, 0.25) is 0 Å². The zero-order chi connectivity index (χ0) is 11.4. The number of benzene rings is 1. The summed E-state index contributed by atoms with van der Waals surface area (Å²) in [5, 5.41) is 9.15. The third-order valence-corrected chi connectivity index (χ3v) is 3.46. The van der Waals surface area contributed by atoms with Gasteiger partial charge in [0.15, 0.2) is 0 Å². The molecule has 0 saturated heterocycles. The van der Waals surface area contributed by atoms with E-state index in [4.69, 9.17) is 5.11 Å². The van der Waals surface area contributed by atoms with Crippen LogP contribution in [0.5, 0.6) is 0 Å². The molecule has 1 aromatic carbocycles. The minimum atomic E-state index is 0.119. The molecule has 2 atom stereocenters. The monoisotopic (exact) mass is 218 g/mol. The van der Waals surface area contributed by atoms with Crippen LogP contribution < -0.4 is 0 Å². The van der Waals surface area contributed by atoms with Gasteiger partial charge >= 0.3 is 0 Å². The van der Waals surface area contributed by atoms with E-state index >= 15 is 0 Å². The van der Waals surface area contributed by atoms with Crippen molar-refractivity contribution < 1.29 is 9.90 Å². The zero-order valence-corrected chi connectivity index (χ0v) is 9.43. The molecule has 2 unspecified atom stereocenters. The summed E-state index contributed by atoms with van der Waals surface area (Å²) in [4.78, 5) is 11.8. The Morgan fingerprint density at radius 2 is 2.00 bits per heavy atom. The Morgan fingerprint density at radius 1 is 1.25 bits per heavy atom. The number of ketones is 1. The number of aliphatic hydroxyl groups excluding tert-OH is 1. The Balaban J connectivity index is 2.00. The smallest absolute Gasteiger partial charge is 0.136 e. The number of rotatable bonds is 3. The molecule has 1 aromatic rings. The van der Waals surface area contributed by atoms with Crippen molar-refractivity contribution in [2.45, 2.75) is 25.7 Å². The highest BCUT2D eigenvalue weighted by Crippen LogP contribution is 2.28. The Labute approximate surface area is 96.3 Å². The predicted octanol–water partition coefficient (Wildman–Crippen LogP) is 2.21. The van der Waals surface area contributed by atoms with E-state index in [-0.39, 0.29) is 12.5 Å². The lowest BCUT2D eigenvalue weighted by Crippen LogP contribution is -2.28. The van der Waals surface area contributed by atoms with Gasteiger partial charge in [0, 0.05) is 18.9 Å². The van der Waals surface area contributed by atoms with Crippen LogP contribution >= 0.6 is 0 Å². The van der Waals surface area contributed by atoms with Gasteiger partial charge in [-0.1, -0.05) is 30.3 Å². The number of Topliss-reactive ketones (excluding diaryl/α,β-unsaturated/α-hetero) is 1. The number of hydrogen-bond donors (Lipinski definition) is 1. The molecule has 1 aliphatic rings. The van der Waals surface area contributed by atoms with Crippen molar-refractivity contribution in [2.75, 3.05) is 6.61 Å². The standard InChI is InChI=1S/C14H18O2/c15-10-12-6-7-14(16)13(9-12)8-11-4-2-1-3-5-11/h1-5,12-13,15H,6-10H2. The number of aliphatic hydroxyl groups is 1. The largest absolute Gasteiger partial charge is 0.396 e. The molecule has 86 valence electrons. The molecule has 0 aliphatic heterocycles. The summed E-state index contributed by atoms with van der Waals surface area (Å²) >= 11 is 0. The second kappa shape index (κ2) is 5.26. The molecule has 0 aromatic heterocycles. The second-order valence-electron chi connectivity index (χ2n) is 4.68. The maximum absolute atomic E-state index is 11.8. The molecule has 1 fully saturated rings. The van der Waals surface area contributed by atoms with Crippen LogP contribution in [0.3, 0.4) is 0 Å². The van der Waals surface area contributed by atoms with Gasteiger partial charge in [0.2, 0.25) is 0 Å². The van der Waals surface area contributed by atoms with Gasteiger partial charge in [-0.25, -0.2) is 0 Å². The molecule has 0 heterocycles. The maximum atomic E-state index is 11.8. The van der Waals surface area contributed by atoms with E-state index < -0.39 is 0 Å². The minimum Gasteiger partial charge on any atom is -0.396 e. The number of carbonyl (C=O) groups is 1. The summed E-state index contributed by atoms with van der Waals surface area (Å²) < 4.78 is 0. The average Bonchev–Trinajstić information content (AvgIpc) is 2.33. The van der Waals surface area contributed by atoms with Crippen molar-refractivity contribution in [2.24, 2.45) is 11.8 Å². The van der Waals surface area contributed by atoms with Gasteiger partial charge < -0.3 is 5.11 Å². The van der Waals surface area contributed by atoms with Gasteiger partial charge in [-0.3, -0.25) is 4.79 Å². The predicted molar refractivity (Wildman–Crippen MR) is 63.1 cm³/mol. The maximum Gasteiger partial charge on any atom is 0.136 e. The summed E-state index contributed by atoms with van der Waals surface area (Å²) in [5.41, 5.74) is 1.22. The molecule has 0 radical (unpaired) electrons. The average molecular weight is 218 g/mol. The molecule has 2 nitrogen and oxygen atoms in total. The SMILES string of the molecule is O=C1CCC(CO)CC1Cc1ccccc1. The summed E-state index contributed by atoms with van der Waals surface area (Å²) in [6.07, 6.45) is 3.18. The van der Waals surface area contributed by atoms with E-state index in [1.165, 1.54) is 5.56 Å². The van der Waals surface area contributed by atoms with Crippen LogP contribution in [-0.4, -0.2) is 17.5 Å². The number of carbonyl (C=O) groups excluding carboxylic acids is 1. The fourth-order valence-corrected chi connectivity index (χ4v) is 2.46. The Hall–Kier alpha value is -1.15. The van der Waals surface area contributed by atoms with Crippen molar-refractivity contribution in [1.82, 2.24) is 0 Å². The molecule has 0 bridgehead atoms. The van der Waals surface area contributed by atoms with E-state index in [2.05, 4.69) is 12.1 Å². The lowest BCUT2D eigenvalue weighted by molar-refractivity contribution is -0.125.